The van der Waals surface area contributed by atoms with Gasteiger partial charge in [-0.1, -0.05) is 42.5 Å². The maximum Gasteiger partial charge on any atom is 0.271 e. The normalized spacial score (nSPS) is 11.0. The lowest BCUT2D eigenvalue weighted by Crippen LogP contribution is -2.17. The van der Waals surface area contributed by atoms with Gasteiger partial charge in [0.05, 0.1) is 6.21 Å². The minimum atomic E-state index is -0.223. The van der Waals surface area contributed by atoms with E-state index in [1.807, 2.05) is 43.3 Å². The van der Waals surface area contributed by atoms with Crippen molar-refractivity contribution in [1.82, 2.24) is 9.99 Å². The zero-order chi connectivity index (χ0) is 16.9. The van der Waals surface area contributed by atoms with Crippen molar-refractivity contribution < 1.29 is 4.79 Å². The Labute approximate surface area is 141 Å². The molecule has 3 rings (SSSR count). The number of hydrogen-bond donors (Lipinski definition) is 1. The van der Waals surface area contributed by atoms with E-state index in [1.165, 1.54) is 0 Å². The van der Waals surface area contributed by atoms with Gasteiger partial charge in [-0.2, -0.15) is 5.10 Å². The summed E-state index contributed by atoms with van der Waals surface area (Å²) in [6.45, 7) is 6.60. The van der Waals surface area contributed by atoms with Crippen molar-refractivity contribution in [1.29, 1.82) is 0 Å². The summed E-state index contributed by atoms with van der Waals surface area (Å²) in [5.41, 5.74) is 6.39. The second-order valence-electron chi connectivity index (χ2n) is 5.48. The second-order valence-corrected chi connectivity index (χ2v) is 5.48. The van der Waals surface area contributed by atoms with Gasteiger partial charge in [0.1, 0.15) is 0 Å². The Morgan fingerprint density at radius 1 is 1.17 bits per heavy atom. The van der Waals surface area contributed by atoms with E-state index in [-0.39, 0.29) is 5.91 Å². The third-order valence-corrected chi connectivity index (χ3v) is 3.99. The van der Waals surface area contributed by atoms with Crippen LogP contribution in [0.1, 0.15) is 21.6 Å². The van der Waals surface area contributed by atoms with E-state index in [9.17, 15) is 4.79 Å². The zero-order valence-electron chi connectivity index (χ0n) is 13.6. The molecule has 0 aliphatic heterocycles. The topological polar surface area (TPSA) is 46.4 Å². The number of hydrogen-bond acceptors (Lipinski definition) is 2. The lowest BCUT2D eigenvalue weighted by atomic mass is 10.1. The number of para-hydroxylation sites is 1. The van der Waals surface area contributed by atoms with Crippen LogP contribution in [0.4, 0.5) is 0 Å². The quantitative estimate of drug-likeness (QED) is 0.433. The Bertz CT molecular complexity index is 907. The van der Waals surface area contributed by atoms with E-state index < -0.39 is 0 Å². The van der Waals surface area contributed by atoms with Crippen LogP contribution in [0.2, 0.25) is 0 Å². The van der Waals surface area contributed by atoms with Gasteiger partial charge in [-0.25, -0.2) is 5.43 Å². The largest absolute Gasteiger partial charge is 0.340 e. The first-order valence-corrected chi connectivity index (χ1v) is 7.79. The zero-order valence-corrected chi connectivity index (χ0v) is 13.6. The number of rotatable bonds is 5. The van der Waals surface area contributed by atoms with Gasteiger partial charge in [0.2, 0.25) is 0 Å². The van der Waals surface area contributed by atoms with Gasteiger partial charge >= 0.3 is 0 Å². The summed E-state index contributed by atoms with van der Waals surface area (Å²) in [5.74, 6) is -0.223. The van der Waals surface area contributed by atoms with Crippen molar-refractivity contribution in [3.05, 3.63) is 84.1 Å². The van der Waals surface area contributed by atoms with E-state index in [1.54, 1.807) is 18.3 Å². The van der Waals surface area contributed by atoms with Crippen LogP contribution in [-0.4, -0.2) is 16.7 Å². The molecule has 0 aliphatic rings. The van der Waals surface area contributed by atoms with Crippen LogP contribution in [0.15, 0.2) is 72.4 Å². The number of benzene rings is 2. The van der Waals surface area contributed by atoms with Crippen LogP contribution < -0.4 is 5.43 Å². The Balaban J connectivity index is 1.88. The van der Waals surface area contributed by atoms with Crippen LogP contribution in [0, 0.1) is 6.92 Å². The number of allylic oxidation sites excluding steroid dienone is 1. The Morgan fingerprint density at radius 3 is 2.62 bits per heavy atom. The molecule has 0 bridgehead atoms. The molecule has 0 atom stereocenters. The van der Waals surface area contributed by atoms with Crippen LogP contribution in [-0.2, 0) is 6.54 Å². The molecule has 1 N–H and O–H groups in total. The highest BCUT2D eigenvalue weighted by Crippen LogP contribution is 2.24. The molecule has 4 heteroatoms. The predicted octanol–water partition coefficient (Wildman–Crippen LogP) is 3.90. The van der Waals surface area contributed by atoms with Crippen LogP contribution in [0.5, 0.6) is 0 Å². The molecular formula is C20H19N3O. The van der Waals surface area contributed by atoms with Gasteiger partial charge in [-0.05, 0) is 25.1 Å². The molecule has 0 radical (unpaired) electrons. The number of carbonyl (C=O) groups is 1. The van der Waals surface area contributed by atoms with Crippen molar-refractivity contribution in [2.45, 2.75) is 13.5 Å². The van der Waals surface area contributed by atoms with E-state index in [0.29, 0.717) is 5.56 Å². The van der Waals surface area contributed by atoms with Gasteiger partial charge in [-0.3, -0.25) is 4.79 Å². The van der Waals surface area contributed by atoms with Crippen LogP contribution >= 0.6 is 0 Å². The van der Waals surface area contributed by atoms with Crippen molar-refractivity contribution in [2.75, 3.05) is 0 Å². The van der Waals surface area contributed by atoms with Gasteiger partial charge < -0.3 is 4.57 Å². The molecular weight excluding hydrogens is 298 g/mol. The van der Waals surface area contributed by atoms with E-state index in [4.69, 9.17) is 0 Å². The summed E-state index contributed by atoms with van der Waals surface area (Å²) in [4.78, 5) is 12.0. The third-order valence-electron chi connectivity index (χ3n) is 3.99. The second kappa shape index (κ2) is 6.96. The SMILES string of the molecule is C=CCn1c(C)c(/C=N\NC(=O)c2ccccc2)c2ccccc21. The van der Waals surface area contributed by atoms with Crippen molar-refractivity contribution in [2.24, 2.45) is 5.10 Å². The molecule has 1 amide bonds. The number of hydrazone groups is 1. The fourth-order valence-electron chi connectivity index (χ4n) is 2.79. The molecule has 0 spiro atoms. The van der Waals surface area contributed by atoms with E-state index in [2.05, 4.69) is 33.8 Å². The van der Waals surface area contributed by atoms with E-state index >= 15 is 0 Å². The standard InChI is InChI=1S/C20H19N3O/c1-3-13-23-15(2)18(17-11-7-8-12-19(17)23)14-21-22-20(24)16-9-5-4-6-10-16/h3-12,14H,1,13H2,2H3,(H,22,24)/b21-14-. The first kappa shape index (κ1) is 15.7. The predicted molar refractivity (Wildman–Crippen MR) is 98.4 cm³/mol. The summed E-state index contributed by atoms with van der Waals surface area (Å²) in [6.07, 6.45) is 3.58. The number of carbonyl (C=O) groups excluding carboxylic acids is 1. The maximum absolute atomic E-state index is 12.0. The Kier molecular flexibility index (Phi) is 4.57. The molecule has 1 aromatic heterocycles. The maximum atomic E-state index is 12.0. The average Bonchev–Trinajstić information content (AvgIpc) is 2.88. The molecule has 1 heterocycles. The summed E-state index contributed by atoms with van der Waals surface area (Å²) in [6, 6.07) is 17.2. The highest BCUT2D eigenvalue weighted by Gasteiger charge is 2.11. The summed E-state index contributed by atoms with van der Waals surface area (Å²) in [5, 5.41) is 5.24. The van der Waals surface area contributed by atoms with Gasteiger partial charge in [0, 0.05) is 34.3 Å². The number of nitrogens with zero attached hydrogens (tertiary/aromatic N) is 2. The average molecular weight is 317 g/mol. The van der Waals surface area contributed by atoms with Gasteiger partial charge in [-0.15, -0.1) is 6.58 Å². The number of fused-ring (bicyclic) bond motifs is 1. The molecule has 3 aromatic rings. The fourth-order valence-corrected chi connectivity index (χ4v) is 2.79. The van der Waals surface area contributed by atoms with Crippen LogP contribution in [0.3, 0.4) is 0 Å². The molecule has 120 valence electrons. The van der Waals surface area contributed by atoms with Gasteiger partial charge in [0.15, 0.2) is 0 Å². The Hall–Kier alpha value is -3.14. The first-order chi connectivity index (χ1) is 11.7. The molecule has 0 saturated heterocycles. The molecule has 0 fully saturated rings. The minimum Gasteiger partial charge on any atom is -0.340 e. The highest BCUT2D eigenvalue weighted by molar-refractivity contribution is 6.02. The van der Waals surface area contributed by atoms with Crippen molar-refractivity contribution in [3.63, 3.8) is 0 Å². The molecule has 0 aliphatic carbocycles. The monoisotopic (exact) mass is 317 g/mol. The summed E-state index contributed by atoms with van der Waals surface area (Å²) in [7, 11) is 0. The fraction of sp³-hybridized carbons (Fsp3) is 0.100. The van der Waals surface area contributed by atoms with Crippen molar-refractivity contribution in [3.8, 4) is 0 Å². The molecule has 0 unspecified atom stereocenters. The highest BCUT2D eigenvalue weighted by atomic mass is 16.2. The number of amides is 1. The molecule has 0 saturated carbocycles. The molecule has 4 nitrogen and oxygen atoms in total. The minimum absolute atomic E-state index is 0.223. The smallest absolute Gasteiger partial charge is 0.271 e. The Morgan fingerprint density at radius 2 is 1.88 bits per heavy atom. The van der Waals surface area contributed by atoms with Crippen LogP contribution in [0.25, 0.3) is 10.9 Å². The first-order valence-electron chi connectivity index (χ1n) is 7.79. The lowest BCUT2D eigenvalue weighted by Gasteiger charge is -2.04. The molecule has 24 heavy (non-hydrogen) atoms. The van der Waals surface area contributed by atoms with Crippen molar-refractivity contribution >= 4 is 23.0 Å². The number of nitrogens with one attached hydrogen (secondary N) is 1. The van der Waals surface area contributed by atoms with Gasteiger partial charge in [0.25, 0.3) is 5.91 Å². The van der Waals surface area contributed by atoms with E-state index in [0.717, 1.165) is 28.7 Å². The lowest BCUT2D eigenvalue weighted by molar-refractivity contribution is 0.0955. The summed E-state index contributed by atoms with van der Waals surface area (Å²) >= 11 is 0. The third kappa shape index (κ3) is 2.99. The molecule has 2 aromatic carbocycles. The number of aromatic nitrogens is 1. The summed E-state index contributed by atoms with van der Waals surface area (Å²) < 4.78 is 2.18.